The van der Waals surface area contributed by atoms with E-state index < -0.39 is 33.4 Å². The van der Waals surface area contributed by atoms with Crippen LogP contribution in [0.5, 0.6) is 17.2 Å². The summed E-state index contributed by atoms with van der Waals surface area (Å²) in [6.07, 6.45) is 0.485. The van der Waals surface area contributed by atoms with Crippen LogP contribution in [0.25, 0.3) is 0 Å². The minimum absolute atomic E-state index is 0.00690. The number of halogens is 1. The number of carbonyl (C=O) groups is 1. The van der Waals surface area contributed by atoms with Crippen molar-refractivity contribution in [1.82, 2.24) is 5.32 Å². The van der Waals surface area contributed by atoms with Gasteiger partial charge >= 0.3 is 0 Å². The number of aryl methyl sites for hydroxylation is 1. The summed E-state index contributed by atoms with van der Waals surface area (Å²) >= 11 is 6.19. The molecular formula is C27H30ClN3O8S. The van der Waals surface area contributed by atoms with Crippen LogP contribution in [-0.4, -0.2) is 47.1 Å². The Kier molecular flexibility index (Phi) is 9.83. The maximum Gasteiger partial charge on any atom is 0.273 e. The number of benzene rings is 3. The highest BCUT2D eigenvalue weighted by Gasteiger charge is 2.32. The van der Waals surface area contributed by atoms with Crippen molar-refractivity contribution in [1.29, 1.82) is 0 Å². The van der Waals surface area contributed by atoms with E-state index in [0.717, 1.165) is 15.9 Å². The number of nitro groups is 1. The third kappa shape index (κ3) is 6.57. The standard InChI is InChI=1S/C27H30ClN3O8S/c1-6-21(18-8-11-25(38-4)26(13-18)39-5)29-27(32)16-30(23-14-19(28)9-12-24(23)37-3)40(35,36)20-10-7-17(2)22(15-20)31(33)34/h7-15,21H,6,16H2,1-5H3,(H,29,32). The first-order chi connectivity index (χ1) is 19.0. The van der Waals surface area contributed by atoms with Crippen LogP contribution < -0.4 is 23.8 Å². The monoisotopic (exact) mass is 591 g/mol. The van der Waals surface area contributed by atoms with Crippen LogP contribution in [0, 0.1) is 17.0 Å². The quantitative estimate of drug-likeness (QED) is 0.228. The van der Waals surface area contributed by atoms with E-state index in [1.54, 1.807) is 18.2 Å². The molecule has 1 atom stereocenters. The molecule has 1 amide bonds. The molecule has 0 saturated heterocycles. The number of nitrogens with zero attached hydrogens (tertiary/aromatic N) is 2. The van der Waals surface area contributed by atoms with Gasteiger partial charge in [0.2, 0.25) is 5.91 Å². The minimum Gasteiger partial charge on any atom is -0.495 e. The number of methoxy groups -OCH3 is 3. The smallest absolute Gasteiger partial charge is 0.273 e. The van der Waals surface area contributed by atoms with Crippen LogP contribution in [0.2, 0.25) is 5.02 Å². The van der Waals surface area contributed by atoms with Crippen molar-refractivity contribution in [2.24, 2.45) is 0 Å². The maximum atomic E-state index is 13.9. The molecule has 40 heavy (non-hydrogen) atoms. The molecule has 0 saturated carbocycles. The Labute approximate surface area is 237 Å². The topological polar surface area (TPSA) is 137 Å². The number of carbonyl (C=O) groups excluding carboxylic acids is 1. The molecule has 0 spiro atoms. The normalized spacial score (nSPS) is 11.8. The number of sulfonamides is 1. The molecule has 0 heterocycles. The summed E-state index contributed by atoms with van der Waals surface area (Å²) in [5.74, 6) is 0.495. The third-order valence-corrected chi connectivity index (χ3v) is 8.21. The van der Waals surface area contributed by atoms with Gasteiger partial charge in [-0.15, -0.1) is 0 Å². The second-order valence-electron chi connectivity index (χ2n) is 8.68. The van der Waals surface area contributed by atoms with E-state index in [0.29, 0.717) is 17.9 Å². The molecule has 13 heteroatoms. The van der Waals surface area contributed by atoms with Gasteiger partial charge in [-0.25, -0.2) is 8.42 Å². The first-order valence-corrected chi connectivity index (χ1v) is 13.9. The number of nitrogens with one attached hydrogen (secondary N) is 1. The van der Waals surface area contributed by atoms with E-state index in [-0.39, 0.29) is 32.6 Å². The Morgan fingerprint density at radius 1 is 1.00 bits per heavy atom. The van der Waals surface area contributed by atoms with Gasteiger partial charge < -0.3 is 19.5 Å². The summed E-state index contributed by atoms with van der Waals surface area (Å²) in [5.41, 5.74) is 0.627. The van der Waals surface area contributed by atoms with E-state index in [1.165, 1.54) is 58.6 Å². The first-order valence-electron chi connectivity index (χ1n) is 12.1. The second kappa shape index (κ2) is 12.9. The molecule has 3 aromatic rings. The maximum absolute atomic E-state index is 13.9. The average molecular weight is 592 g/mol. The Morgan fingerprint density at radius 2 is 1.65 bits per heavy atom. The number of ether oxygens (including phenoxy) is 3. The largest absolute Gasteiger partial charge is 0.495 e. The summed E-state index contributed by atoms with van der Waals surface area (Å²) in [5, 5.41) is 14.6. The molecule has 0 aliphatic rings. The number of hydrogen-bond donors (Lipinski definition) is 1. The van der Waals surface area contributed by atoms with Crippen molar-refractivity contribution in [2.45, 2.75) is 31.2 Å². The van der Waals surface area contributed by atoms with Gasteiger partial charge in [0, 0.05) is 16.7 Å². The lowest BCUT2D eigenvalue weighted by Crippen LogP contribution is -2.42. The fourth-order valence-electron chi connectivity index (χ4n) is 4.09. The van der Waals surface area contributed by atoms with Gasteiger partial charge in [0.15, 0.2) is 11.5 Å². The molecule has 0 aromatic heterocycles. The van der Waals surface area contributed by atoms with Gasteiger partial charge in [-0.2, -0.15) is 0 Å². The van der Waals surface area contributed by atoms with Gasteiger partial charge in [-0.3, -0.25) is 19.2 Å². The second-order valence-corrected chi connectivity index (χ2v) is 11.0. The van der Waals surface area contributed by atoms with Crippen LogP contribution in [0.4, 0.5) is 11.4 Å². The Bertz CT molecular complexity index is 1510. The van der Waals surface area contributed by atoms with Crippen molar-refractivity contribution in [3.63, 3.8) is 0 Å². The molecular weight excluding hydrogens is 562 g/mol. The minimum atomic E-state index is -4.51. The Hall–Kier alpha value is -4.03. The molecule has 0 fully saturated rings. The van der Waals surface area contributed by atoms with E-state index in [1.807, 2.05) is 6.92 Å². The predicted molar refractivity (Wildman–Crippen MR) is 151 cm³/mol. The number of anilines is 1. The zero-order valence-electron chi connectivity index (χ0n) is 22.6. The van der Waals surface area contributed by atoms with Crippen LogP contribution in [0.15, 0.2) is 59.5 Å². The molecule has 214 valence electrons. The number of hydrogen-bond acceptors (Lipinski definition) is 8. The third-order valence-electron chi connectivity index (χ3n) is 6.22. The van der Waals surface area contributed by atoms with E-state index in [2.05, 4.69) is 5.32 Å². The highest BCUT2D eigenvalue weighted by Crippen LogP contribution is 2.36. The highest BCUT2D eigenvalue weighted by molar-refractivity contribution is 7.92. The van der Waals surface area contributed by atoms with Crippen LogP contribution >= 0.6 is 11.6 Å². The highest BCUT2D eigenvalue weighted by atomic mass is 35.5. The van der Waals surface area contributed by atoms with Gasteiger partial charge in [0.1, 0.15) is 12.3 Å². The van der Waals surface area contributed by atoms with Crippen molar-refractivity contribution in [3.05, 3.63) is 80.9 Å². The van der Waals surface area contributed by atoms with Crippen LogP contribution in [0.1, 0.15) is 30.5 Å². The lowest BCUT2D eigenvalue weighted by atomic mass is 10.0. The van der Waals surface area contributed by atoms with Gasteiger partial charge in [0.05, 0.1) is 42.9 Å². The Balaban J connectivity index is 2.05. The molecule has 1 unspecified atom stereocenters. The molecule has 0 aliphatic heterocycles. The number of nitro benzene ring substituents is 1. The predicted octanol–water partition coefficient (Wildman–Crippen LogP) is 5.05. The molecule has 0 bridgehead atoms. The first kappa shape index (κ1) is 30.5. The van der Waals surface area contributed by atoms with E-state index in [4.69, 9.17) is 25.8 Å². The zero-order chi connectivity index (χ0) is 29.6. The number of amides is 1. The van der Waals surface area contributed by atoms with E-state index >= 15 is 0 Å². The molecule has 3 rings (SSSR count). The SMILES string of the molecule is CCC(NC(=O)CN(c1cc(Cl)ccc1OC)S(=O)(=O)c1ccc(C)c([N+](=O)[O-])c1)c1ccc(OC)c(OC)c1. The molecule has 3 aromatic carbocycles. The lowest BCUT2D eigenvalue weighted by molar-refractivity contribution is -0.385. The average Bonchev–Trinajstić information content (AvgIpc) is 2.94. The lowest BCUT2D eigenvalue weighted by Gasteiger charge is -2.27. The van der Waals surface area contributed by atoms with Crippen molar-refractivity contribution >= 4 is 38.9 Å². The van der Waals surface area contributed by atoms with Gasteiger partial charge in [0.25, 0.3) is 15.7 Å². The molecule has 1 N–H and O–H groups in total. The fourth-order valence-corrected chi connectivity index (χ4v) is 5.70. The summed E-state index contributed by atoms with van der Waals surface area (Å²) in [7, 11) is -0.150. The van der Waals surface area contributed by atoms with Crippen LogP contribution in [0.3, 0.4) is 0 Å². The summed E-state index contributed by atoms with van der Waals surface area (Å²) < 4.78 is 44.6. The zero-order valence-corrected chi connectivity index (χ0v) is 24.2. The van der Waals surface area contributed by atoms with E-state index in [9.17, 15) is 23.3 Å². The molecule has 0 aliphatic carbocycles. The van der Waals surface area contributed by atoms with Crippen LogP contribution in [-0.2, 0) is 14.8 Å². The Morgan fingerprint density at radius 3 is 2.25 bits per heavy atom. The molecule has 0 radical (unpaired) electrons. The summed E-state index contributed by atoms with van der Waals surface area (Å²) in [6.45, 7) is 2.70. The van der Waals surface area contributed by atoms with Crippen molar-refractivity contribution in [3.8, 4) is 17.2 Å². The summed E-state index contributed by atoms with van der Waals surface area (Å²) in [6, 6.07) is 12.6. The number of rotatable bonds is 12. The fraction of sp³-hybridized carbons (Fsp3) is 0.296. The van der Waals surface area contributed by atoms with Crippen molar-refractivity contribution < 1.29 is 32.3 Å². The van der Waals surface area contributed by atoms with Crippen molar-refractivity contribution in [2.75, 3.05) is 32.2 Å². The summed E-state index contributed by atoms with van der Waals surface area (Å²) in [4.78, 5) is 23.9. The molecule has 11 nitrogen and oxygen atoms in total. The van der Waals surface area contributed by atoms with Gasteiger partial charge in [-0.05, 0) is 55.3 Å². The van der Waals surface area contributed by atoms with Gasteiger partial charge in [-0.1, -0.05) is 30.7 Å².